The lowest BCUT2D eigenvalue weighted by Crippen LogP contribution is -2.56. The number of hydrogen-bond donors (Lipinski definition) is 0. The molecule has 4 atom stereocenters. The zero-order valence-electron chi connectivity index (χ0n) is 14.6. The minimum Gasteiger partial charge on any atom is -0.372 e. The van der Waals surface area contributed by atoms with E-state index in [2.05, 4.69) is 87.2 Å². The molecule has 0 saturated carbocycles. The highest BCUT2D eigenvalue weighted by atomic mass is 16.5. The Hall–Kier alpha value is -1.64. The van der Waals surface area contributed by atoms with E-state index in [0.717, 1.165) is 6.54 Å². The van der Waals surface area contributed by atoms with Gasteiger partial charge in [0.2, 0.25) is 0 Å². The molecule has 0 aliphatic carbocycles. The Morgan fingerprint density at radius 3 is 1.83 bits per heavy atom. The third kappa shape index (κ3) is 3.49. The summed E-state index contributed by atoms with van der Waals surface area (Å²) >= 11 is 0. The molecule has 1 fully saturated rings. The molecule has 2 heteroatoms. The van der Waals surface area contributed by atoms with Crippen molar-refractivity contribution in [3.05, 3.63) is 60.2 Å². The molecule has 0 aromatic heterocycles. The lowest BCUT2D eigenvalue weighted by Gasteiger charge is -2.46. The molecule has 1 heterocycles. The van der Waals surface area contributed by atoms with E-state index in [-0.39, 0.29) is 12.2 Å². The Kier molecular flexibility index (Phi) is 4.84. The van der Waals surface area contributed by atoms with E-state index >= 15 is 0 Å². The number of morpholine rings is 1. The van der Waals surface area contributed by atoms with Crippen LogP contribution in [-0.4, -0.2) is 29.2 Å². The van der Waals surface area contributed by atoms with Crippen LogP contribution in [0.4, 0.5) is 0 Å². The summed E-state index contributed by atoms with van der Waals surface area (Å²) in [5.41, 5.74) is 3.92. The number of hydrogen-bond acceptors (Lipinski definition) is 2. The van der Waals surface area contributed by atoms with Gasteiger partial charge in [-0.1, -0.05) is 54.6 Å². The summed E-state index contributed by atoms with van der Waals surface area (Å²) in [6, 6.07) is 20.4. The van der Waals surface area contributed by atoms with Crippen LogP contribution in [0.3, 0.4) is 0 Å². The van der Waals surface area contributed by atoms with Gasteiger partial charge >= 0.3 is 0 Å². The molecule has 0 spiro atoms. The normalized spacial score (nSPS) is 28.7. The van der Waals surface area contributed by atoms with Crippen molar-refractivity contribution in [2.45, 2.75) is 58.5 Å². The van der Waals surface area contributed by atoms with Crippen molar-refractivity contribution in [2.24, 2.45) is 0 Å². The van der Waals surface area contributed by atoms with Crippen molar-refractivity contribution in [2.75, 3.05) is 0 Å². The molecule has 23 heavy (non-hydrogen) atoms. The molecule has 3 rings (SSSR count). The molecule has 2 aromatic carbocycles. The van der Waals surface area contributed by atoms with Crippen LogP contribution in [0.5, 0.6) is 0 Å². The van der Waals surface area contributed by atoms with Gasteiger partial charge in [0.25, 0.3) is 0 Å². The summed E-state index contributed by atoms with van der Waals surface area (Å²) in [6.07, 6.45) is 0.564. The van der Waals surface area contributed by atoms with Crippen molar-refractivity contribution in [1.29, 1.82) is 0 Å². The molecule has 0 radical (unpaired) electrons. The molecular formula is C21H27NO. The summed E-state index contributed by atoms with van der Waals surface area (Å²) in [4.78, 5) is 2.57. The van der Waals surface area contributed by atoms with Crippen LogP contribution in [0.25, 0.3) is 11.1 Å². The van der Waals surface area contributed by atoms with Crippen molar-refractivity contribution < 1.29 is 4.74 Å². The Morgan fingerprint density at radius 1 is 0.739 bits per heavy atom. The molecule has 4 unspecified atom stereocenters. The second-order valence-electron chi connectivity index (χ2n) is 6.76. The van der Waals surface area contributed by atoms with Crippen molar-refractivity contribution in [1.82, 2.24) is 4.90 Å². The fourth-order valence-corrected chi connectivity index (χ4v) is 3.41. The smallest absolute Gasteiger partial charge is 0.0704 e. The molecule has 0 bridgehead atoms. The maximum atomic E-state index is 6.01. The zero-order chi connectivity index (χ0) is 16.4. The van der Waals surface area contributed by atoms with Crippen LogP contribution in [-0.2, 0) is 11.3 Å². The number of rotatable bonds is 3. The third-order valence-corrected chi connectivity index (χ3v) is 5.26. The van der Waals surface area contributed by atoms with Gasteiger partial charge in [0.15, 0.2) is 0 Å². The van der Waals surface area contributed by atoms with Crippen LogP contribution in [0.2, 0.25) is 0 Å². The standard InChI is InChI=1S/C21H27NO/c1-15-17(3)23-18(4)16(2)22(15)14-19-10-12-21(13-11-19)20-8-6-5-7-9-20/h5-13,15-18H,14H2,1-4H3. The predicted molar refractivity (Wildman–Crippen MR) is 96.4 cm³/mol. The summed E-state index contributed by atoms with van der Waals surface area (Å²) in [5, 5.41) is 0. The summed E-state index contributed by atoms with van der Waals surface area (Å²) in [5.74, 6) is 0. The largest absolute Gasteiger partial charge is 0.372 e. The van der Waals surface area contributed by atoms with Gasteiger partial charge in [0.1, 0.15) is 0 Å². The molecule has 1 aliphatic heterocycles. The van der Waals surface area contributed by atoms with Crippen LogP contribution < -0.4 is 0 Å². The molecule has 122 valence electrons. The molecule has 0 amide bonds. The van der Waals surface area contributed by atoms with Crippen LogP contribution in [0, 0.1) is 0 Å². The monoisotopic (exact) mass is 309 g/mol. The first-order chi connectivity index (χ1) is 11.1. The first-order valence-corrected chi connectivity index (χ1v) is 8.62. The molecule has 2 aromatic rings. The Bertz CT molecular complexity index is 608. The highest BCUT2D eigenvalue weighted by molar-refractivity contribution is 5.63. The maximum absolute atomic E-state index is 6.01. The van der Waals surface area contributed by atoms with Gasteiger partial charge in [-0.05, 0) is 44.4 Å². The van der Waals surface area contributed by atoms with Gasteiger partial charge < -0.3 is 4.74 Å². The topological polar surface area (TPSA) is 12.5 Å². The van der Waals surface area contributed by atoms with Crippen LogP contribution in [0.15, 0.2) is 54.6 Å². The Balaban J connectivity index is 1.75. The fraction of sp³-hybridized carbons (Fsp3) is 0.429. The third-order valence-electron chi connectivity index (χ3n) is 5.26. The van der Waals surface area contributed by atoms with Gasteiger partial charge in [0.05, 0.1) is 12.2 Å². The van der Waals surface area contributed by atoms with E-state index in [0.29, 0.717) is 12.1 Å². The minimum atomic E-state index is 0.282. The van der Waals surface area contributed by atoms with Crippen LogP contribution >= 0.6 is 0 Å². The molecule has 1 aliphatic rings. The van der Waals surface area contributed by atoms with Gasteiger partial charge in [-0.25, -0.2) is 0 Å². The number of benzene rings is 2. The first kappa shape index (κ1) is 16.2. The number of nitrogens with zero attached hydrogens (tertiary/aromatic N) is 1. The van der Waals surface area contributed by atoms with Crippen molar-refractivity contribution in [3.8, 4) is 11.1 Å². The van der Waals surface area contributed by atoms with E-state index < -0.39 is 0 Å². The molecule has 1 saturated heterocycles. The Labute approximate surface area is 140 Å². The first-order valence-electron chi connectivity index (χ1n) is 8.62. The molecular weight excluding hydrogens is 282 g/mol. The minimum absolute atomic E-state index is 0.282. The summed E-state index contributed by atoms with van der Waals surface area (Å²) < 4.78 is 6.01. The van der Waals surface area contributed by atoms with E-state index in [4.69, 9.17) is 4.74 Å². The maximum Gasteiger partial charge on any atom is 0.0704 e. The van der Waals surface area contributed by atoms with Gasteiger partial charge in [0, 0.05) is 18.6 Å². The highest BCUT2D eigenvalue weighted by Gasteiger charge is 2.34. The summed E-state index contributed by atoms with van der Waals surface area (Å²) in [7, 11) is 0. The quantitative estimate of drug-likeness (QED) is 0.812. The van der Waals surface area contributed by atoms with Gasteiger partial charge in [-0.2, -0.15) is 0 Å². The van der Waals surface area contributed by atoms with Crippen molar-refractivity contribution >= 4 is 0 Å². The summed E-state index contributed by atoms with van der Waals surface area (Å²) in [6.45, 7) is 9.88. The zero-order valence-corrected chi connectivity index (χ0v) is 14.6. The second kappa shape index (κ2) is 6.86. The predicted octanol–water partition coefficient (Wildman–Crippen LogP) is 4.74. The number of ether oxygens (including phenoxy) is 1. The Morgan fingerprint density at radius 2 is 1.26 bits per heavy atom. The van der Waals surface area contributed by atoms with E-state index in [1.54, 1.807) is 0 Å². The van der Waals surface area contributed by atoms with Gasteiger partial charge in [-0.15, -0.1) is 0 Å². The molecule has 2 nitrogen and oxygen atoms in total. The van der Waals surface area contributed by atoms with Crippen LogP contribution in [0.1, 0.15) is 33.3 Å². The average molecular weight is 309 g/mol. The SMILES string of the molecule is CC1OC(C)C(C)N(Cc2ccc(-c3ccccc3)cc2)C1C. The second-order valence-corrected chi connectivity index (χ2v) is 6.76. The average Bonchev–Trinajstić information content (AvgIpc) is 2.58. The fourth-order valence-electron chi connectivity index (χ4n) is 3.41. The lowest BCUT2D eigenvalue weighted by atomic mass is 10.00. The molecule has 0 N–H and O–H groups in total. The highest BCUT2D eigenvalue weighted by Crippen LogP contribution is 2.26. The van der Waals surface area contributed by atoms with Crippen molar-refractivity contribution in [3.63, 3.8) is 0 Å². The van der Waals surface area contributed by atoms with Gasteiger partial charge in [-0.3, -0.25) is 4.90 Å². The van der Waals surface area contributed by atoms with E-state index in [9.17, 15) is 0 Å². The van der Waals surface area contributed by atoms with E-state index in [1.165, 1.54) is 16.7 Å². The van der Waals surface area contributed by atoms with E-state index in [1.807, 2.05) is 0 Å². The lowest BCUT2D eigenvalue weighted by molar-refractivity contribution is -0.132.